The largest absolute Gasteiger partial charge is 0.451 e. The summed E-state index contributed by atoms with van der Waals surface area (Å²) in [4.78, 5) is 22.0. The predicted octanol–water partition coefficient (Wildman–Crippen LogP) is 3.97. The number of carbonyl (C=O) groups excluding carboxylic acids is 1. The second-order valence-electron chi connectivity index (χ2n) is 8.33. The number of rotatable bonds is 6. The van der Waals surface area contributed by atoms with Crippen molar-refractivity contribution in [2.75, 3.05) is 18.0 Å². The predicted molar refractivity (Wildman–Crippen MR) is 120 cm³/mol. The number of hydrogen-bond acceptors (Lipinski definition) is 7. The number of aromatic nitrogens is 3. The Balaban J connectivity index is 1.54. The Bertz CT molecular complexity index is 1240. The number of amides is 1. The van der Waals surface area contributed by atoms with Crippen LogP contribution in [0.2, 0.25) is 0 Å². The molecule has 1 aliphatic heterocycles. The number of benzene rings is 1. The number of alkyl halides is 3. The molecule has 0 radical (unpaired) electrons. The molecular weight excluding hydrogens is 461 g/mol. The summed E-state index contributed by atoms with van der Waals surface area (Å²) in [5.41, 5.74) is 2.35. The van der Waals surface area contributed by atoms with E-state index in [4.69, 9.17) is 9.78 Å². The molecule has 0 spiro atoms. The van der Waals surface area contributed by atoms with Gasteiger partial charge in [-0.25, -0.2) is 9.97 Å². The lowest BCUT2D eigenvalue weighted by Gasteiger charge is -2.26. The topological polar surface area (TPSA) is 108 Å². The maximum Gasteiger partial charge on any atom is 0.451 e. The Kier molecular flexibility index (Phi) is 6.73. The van der Waals surface area contributed by atoms with E-state index in [1.807, 2.05) is 12.1 Å². The molecule has 1 saturated heterocycles. The molecule has 1 aliphatic rings. The second-order valence-corrected chi connectivity index (χ2v) is 8.33. The molecule has 3 aromatic rings. The highest BCUT2D eigenvalue weighted by Gasteiger charge is 2.38. The lowest BCUT2D eigenvalue weighted by atomic mass is 10.1. The third kappa shape index (κ3) is 5.26. The fraction of sp³-hybridized carbons (Fsp3) is 0.375. The van der Waals surface area contributed by atoms with Crippen molar-refractivity contribution in [3.63, 3.8) is 0 Å². The summed E-state index contributed by atoms with van der Waals surface area (Å²) in [5.74, 6) is -1.18. The lowest BCUT2D eigenvalue weighted by Crippen LogP contribution is -2.44. The summed E-state index contributed by atoms with van der Waals surface area (Å²) in [6.45, 7) is 3.98. The average molecular weight is 484 g/mol. The lowest BCUT2D eigenvalue weighted by molar-refractivity contribution is -0.144. The number of carbonyl (C=O) groups is 1. The average Bonchev–Trinajstić information content (AvgIpc) is 3.45. The van der Waals surface area contributed by atoms with Crippen molar-refractivity contribution in [2.24, 2.45) is 0 Å². The minimum absolute atomic E-state index is 0.0343. The highest BCUT2D eigenvalue weighted by atomic mass is 19.4. The zero-order chi connectivity index (χ0) is 25.2. The highest BCUT2D eigenvalue weighted by Crippen LogP contribution is 2.35. The number of nitriles is 1. The molecule has 1 amide bonds. The van der Waals surface area contributed by atoms with Gasteiger partial charge in [-0.2, -0.15) is 18.4 Å². The van der Waals surface area contributed by atoms with Crippen molar-refractivity contribution in [1.29, 1.82) is 5.26 Å². The molecular formula is C24H23F3N6O2. The van der Waals surface area contributed by atoms with E-state index in [9.17, 15) is 18.0 Å². The van der Waals surface area contributed by atoms with Gasteiger partial charge in [-0.1, -0.05) is 17.3 Å². The summed E-state index contributed by atoms with van der Waals surface area (Å²) >= 11 is 0. The molecule has 3 heterocycles. The summed E-state index contributed by atoms with van der Waals surface area (Å²) in [6.07, 6.45) is -3.07. The van der Waals surface area contributed by atoms with Gasteiger partial charge in [0.15, 0.2) is 0 Å². The molecule has 0 bridgehead atoms. The van der Waals surface area contributed by atoms with E-state index in [2.05, 4.69) is 26.5 Å². The van der Waals surface area contributed by atoms with Crippen molar-refractivity contribution in [1.82, 2.24) is 20.4 Å². The van der Waals surface area contributed by atoms with Crippen LogP contribution >= 0.6 is 0 Å². The zero-order valence-corrected chi connectivity index (χ0v) is 19.2. The smallest absolute Gasteiger partial charge is 0.361 e. The fourth-order valence-corrected chi connectivity index (χ4v) is 4.19. The molecule has 1 atom stereocenters. The van der Waals surface area contributed by atoms with E-state index in [-0.39, 0.29) is 17.4 Å². The van der Waals surface area contributed by atoms with E-state index in [0.717, 1.165) is 5.56 Å². The zero-order valence-electron chi connectivity index (χ0n) is 19.2. The normalized spacial score (nSPS) is 15.8. The van der Waals surface area contributed by atoms with Crippen LogP contribution in [0, 0.1) is 25.2 Å². The van der Waals surface area contributed by atoms with Gasteiger partial charge in [0.25, 0.3) is 0 Å². The molecule has 4 rings (SSSR count). The van der Waals surface area contributed by atoms with Gasteiger partial charge in [0.05, 0.1) is 28.6 Å². The number of halogens is 3. The van der Waals surface area contributed by atoms with Gasteiger partial charge in [-0.15, -0.1) is 0 Å². The maximum atomic E-state index is 13.6. The van der Waals surface area contributed by atoms with Crippen molar-refractivity contribution >= 4 is 11.7 Å². The van der Waals surface area contributed by atoms with E-state index < -0.39 is 18.0 Å². The van der Waals surface area contributed by atoms with Gasteiger partial charge >= 0.3 is 6.18 Å². The Morgan fingerprint density at radius 1 is 1.26 bits per heavy atom. The minimum Gasteiger partial charge on any atom is -0.361 e. The molecule has 2 aromatic heterocycles. The van der Waals surface area contributed by atoms with E-state index >= 15 is 0 Å². The fourth-order valence-electron chi connectivity index (χ4n) is 4.19. The van der Waals surface area contributed by atoms with Crippen LogP contribution in [0.3, 0.4) is 0 Å². The van der Waals surface area contributed by atoms with E-state index in [0.29, 0.717) is 54.9 Å². The highest BCUT2D eigenvalue weighted by molar-refractivity contribution is 5.85. The van der Waals surface area contributed by atoms with Crippen molar-refractivity contribution in [3.8, 4) is 17.3 Å². The Morgan fingerprint density at radius 2 is 2.00 bits per heavy atom. The molecule has 35 heavy (non-hydrogen) atoms. The van der Waals surface area contributed by atoms with Crippen molar-refractivity contribution in [3.05, 3.63) is 58.7 Å². The summed E-state index contributed by atoms with van der Waals surface area (Å²) < 4.78 is 46.0. The molecule has 1 fully saturated rings. The Hall–Kier alpha value is -3.94. The van der Waals surface area contributed by atoms with Gasteiger partial charge in [-0.3, -0.25) is 4.79 Å². The number of aryl methyl sites for hydroxylation is 2. The first-order valence-electron chi connectivity index (χ1n) is 11.1. The Morgan fingerprint density at radius 3 is 2.63 bits per heavy atom. The molecule has 1 aromatic carbocycles. The number of nitrogens with one attached hydrogen (secondary N) is 1. The molecule has 1 unspecified atom stereocenters. The molecule has 11 heteroatoms. The van der Waals surface area contributed by atoms with Crippen LogP contribution in [0.4, 0.5) is 19.0 Å². The van der Waals surface area contributed by atoms with Crippen LogP contribution in [-0.2, 0) is 17.4 Å². The molecule has 8 nitrogen and oxygen atoms in total. The van der Waals surface area contributed by atoms with Crippen LogP contribution in [0.15, 0.2) is 34.9 Å². The summed E-state index contributed by atoms with van der Waals surface area (Å²) in [5, 5.41) is 15.6. The number of hydrogen-bond donors (Lipinski definition) is 1. The van der Waals surface area contributed by atoms with Crippen molar-refractivity contribution in [2.45, 2.75) is 45.3 Å². The van der Waals surface area contributed by atoms with Gasteiger partial charge in [0.1, 0.15) is 17.6 Å². The van der Waals surface area contributed by atoms with Gasteiger partial charge in [-0.05, 0) is 50.8 Å². The first-order valence-corrected chi connectivity index (χ1v) is 11.1. The van der Waals surface area contributed by atoms with Crippen LogP contribution in [0.25, 0.3) is 11.3 Å². The third-order valence-electron chi connectivity index (χ3n) is 5.90. The number of anilines is 1. The minimum atomic E-state index is -4.76. The standard InChI is InChI=1S/C24H23F3N6O2/c1-14-21(15(2)35-32-14)18-12-20(31-23(30-18)24(25,26)27)33-11-3-4-19(33)22(34)29-10-9-16-5-7-17(13-28)8-6-16/h5-8,12,19H,3-4,9-11H2,1-2H3,(H,29,34). The molecule has 0 saturated carbocycles. The van der Waals surface area contributed by atoms with Gasteiger partial charge in [0, 0.05) is 19.2 Å². The van der Waals surface area contributed by atoms with Gasteiger partial charge < -0.3 is 14.7 Å². The summed E-state index contributed by atoms with van der Waals surface area (Å²) in [7, 11) is 0. The van der Waals surface area contributed by atoms with E-state index in [1.54, 1.807) is 30.9 Å². The summed E-state index contributed by atoms with van der Waals surface area (Å²) in [6, 6.07) is 9.91. The van der Waals surface area contributed by atoms with Crippen LogP contribution in [-0.4, -0.2) is 40.2 Å². The quantitative estimate of drug-likeness (QED) is 0.564. The third-order valence-corrected chi connectivity index (χ3v) is 5.90. The van der Waals surface area contributed by atoms with E-state index in [1.165, 1.54) is 6.07 Å². The maximum absolute atomic E-state index is 13.6. The molecule has 0 aliphatic carbocycles. The first-order chi connectivity index (χ1) is 16.7. The van der Waals surface area contributed by atoms with Crippen LogP contribution in [0.5, 0.6) is 0 Å². The monoisotopic (exact) mass is 484 g/mol. The van der Waals surface area contributed by atoms with Crippen LogP contribution in [0.1, 0.15) is 41.2 Å². The van der Waals surface area contributed by atoms with Crippen molar-refractivity contribution < 1.29 is 22.5 Å². The van der Waals surface area contributed by atoms with Gasteiger partial charge in [0.2, 0.25) is 11.7 Å². The number of nitrogens with zero attached hydrogens (tertiary/aromatic N) is 5. The Labute approximate surface area is 199 Å². The molecule has 1 N–H and O–H groups in total. The van der Waals surface area contributed by atoms with Crippen LogP contribution < -0.4 is 10.2 Å². The SMILES string of the molecule is Cc1noc(C)c1-c1cc(N2CCCC2C(=O)NCCc2ccc(C#N)cc2)nc(C(F)(F)F)n1. The molecule has 182 valence electrons. The first kappa shape index (κ1) is 24.2. The second kappa shape index (κ2) is 9.74.